The van der Waals surface area contributed by atoms with Gasteiger partial charge in [-0.3, -0.25) is 4.79 Å². The number of pyridine rings is 1. The van der Waals surface area contributed by atoms with E-state index >= 15 is 0 Å². The first kappa shape index (κ1) is 13.1. The molecule has 0 atom stereocenters. The van der Waals surface area contributed by atoms with Crippen molar-refractivity contribution in [3.63, 3.8) is 0 Å². The molecular weight excluding hydrogens is 318 g/mol. The molecule has 0 unspecified atom stereocenters. The molecule has 1 heterocycles. The van der Waals surface area contributed by atoms with Crippen molar-refractivity contribution in [2.75, 3.05) is 5.73 Å². The largest absolute Gasteiger partial charge is 0.383 e. The minimum atomic E-state index is -0.172. The zero-order chi connectivity index (χ0) is 14.1. The minimum Gasteiger partial charge on any atom is -0.383 e. The molecular formula is C15H14BrN3O. The third-order valence-electron chi connectivity index (χ3n) is 3.52. The summed E-state index contributed by atoms with van der Waals surface area (Å²) in [5, 5.41) is 3.03. The van der Waals surface area contributed by atoms with Gasteiger partial charge in [-0.25, -0.2) is 4.98 Å². The lowest BCUT2D eigenvalue weighted by Crippen LogP contribution is -2.35. The van der Waals surface area contributed by atoms with Gasteiger partial charge in [-0.1, -0.05) is 24.3 Å². The van der Waals surface area contributed by atoms with E-state index in [0.29, 0.717) is 5.56 Å². The normalized spacial score (nSPS) is 14.1. The van der Waals surface area contributed by atoms with Crippen molar-refractivity contribution >= 4 is 27.7 Å². The molecule has 0 bridgehead atoms. The van der Waals surface area contributed by atoms with Crippen LogP contribution in [0.1, 0.15) is 21.5 Å². The standard InChI is InChI=1S/C15H14BrN3O/c16-11-7-13(14(17)18-8-11)15(20)19-12-5-9-3-1-2-4-10(9)6-12/h1-4,7-8,12H,5-6H2,(H2,17,18)(H,19,20). The van der Waals surface area contributed by atoms with Gasteiger partial charge in [-0.15, -0.1) is 0 Å². The van der Waals surface area contributed by atoms with E-state index in [1.165, 1.54) is 11.1 Å². The Balaban J connectivity index is 1.74. The minimum absolute atomic E-state index is 0.123. The summed E-state index contributed by atoms with van der Waals surface area (Å²) in [5.41, 5.74) is 8.78. The number of fused-ring (bicyclic) bond motifs is 1. The highest BCUT2D eigenvalue weighted by molar-refractivity contribution is 9.10. The van der Waals surface area contributed by atoms with E-state index in [2.05, 4.69) is 38.4 Å². The maximum absolute atomic E-state index is 12.3. The zero-order valence-electron chi connectivity index (χ0n) is 10.8. The number of carbonyl (C=O) groups is 1. The number of benzene rings is 1. The van der Waals surface area contributed by atoms with Crippen molar-refractivity contribution in [1.82, 2.24) is 10.3 Å². The second-order valence-electron chi connectivity index (χ2n) is 4.93. The summed E-state index contributed by atoms with van der Waals surface area (Å²) in [6.45, 7) is 0. The van der Waals surface area contributed by atoms with E-state index in [0.717, 1.165) is 17.3 Å². The molecule has 1 aromatic carbocycles. The van der Waals surface area contributed by atoms with Gasteiger partial charge in [-0.05, 0) is 46.0 Å². The predicted octanol–water partition coefficient (Wildman–Crippen LogP) is 2.32. The van der Waals surface area contributed by atoms with E-state index in [-0.39, 0.29) is 17.8 Å². The predicted molar refractivity (Wildman–Crippen MR) is 81.5 cm³/mol. The molecule has 0 radical (unpaired) electrons. The molecule has 5 heteroatoms. The molecule has 1 amide bonds. The molecule has 0 saturated carbocycles. The molecule has 2 aromatic rings. The Morgan fingerprint density at radius 3 is 2.60 bits per heavy atom. The molecule has 0 fully saturated rings. The van der Waals surface area contributed by atoms with E-state index in [1.54, 1.807) is 12.3 Å². The number of amides is 1. The van der Waals surface area contributed by atoms with Gasteiger partial charge in [0, 0.05) is 16.7 Å². The Bertz CT molecular complexity index is 647. The smallest absolute Gasteiger partial charge is 0.255 e. The number of aromatic nitrogens is 1. The summed E-state index contributed by atoms with van der Waals surface area (Å²) in [4.78, 5) is 16.3. The molecule has 3 N–H and O–H groups in total. The van der Waals surface area contributed by atoms with Crippen LogP contribution in [0.3, 0.4) is 0 Å². The molecule has 102 valence electrons. The molecule has 1 aliphatic carbocycles. The quantitative estimate of drug-likeness (QED) is 0.887. The Morgan fingerprint density at radius 2 is 1.95 bits per heavy atom. The van der Waals surface area contributed by atoms with Crippen LogP contribution in [0, 0.1) is 0 Å². The lowest BCUT2D eigenvalue weighted by Gasteiger charge is -2.13. The number of nitrogens with two attached hydrogens (primary N) is 1. The lowest BCUT2D eigenvalue weighted by molar-refractivity contribution is 0.0939. The Labute approximate surface area is 125 Å². The molecule has 3 rings (SSSR count). The SMILES string of the molecule is Nc1ncc(Br)cc1C(=O)NC1Cc2ccccc2C1. The average molecular weight is 332 g/mol. The van der Waals surface area contributed by atoms with Crippen molar-refractivity contribution in [2.24, 2.45) is 0 Å². The summed E-state index contributed by atoms with van der Waals surface area (Å²) < 4.78 is 0.742. The number of hydrogen-bond acceptors (Lipinski definition) is 3. The van der Waals surface area contributed by atoms with Crippen molar-refractivity contribution in [2.45, 2.75) is 18.9 Å². The number of nitrogens with one attached hydrogen (secondary N) is 1. The number of halogens is 1. The van der Waals surface area contributed by atoms with Crippen LogP contribution in [-0.2, 0) is 12.8 Å². The van der Waals surface area contributed by atoms with E-state index in [1.807, 2.05) is 12.1 Å². The van der Waals surface area contributed by atoms with Crippen LogP contribution in [0.5, 0.6) is 0 Å². The van der Waals surface area contributed by atoms with Crippen LogP contribution >= 0.6 is 15.9 Å². The highest BCUT2D eigenvalue weighted by Crippen LogP contribution is 2.22. The Hall–Kier alpha value is -1.88. The van der Waals surface area contributed by atoms with E-state index in [4.69, 9.17) is 5.73 Å². The van der Waals surface area contributed by atoms with Gasteiger partial charge in [0.2, 0.25) is 0 Å². The van der Waals surface area contributed by atoms with Gasteiger partial charge in [0.25, 0.3) is 5.91 Å². The van der Waals surface area contributed by atoms with Crippen LogP contribution in [0.15, 0.2) is 41.0 Å². The first-order chi connectivity index (χ1) is 9.63. The highest BCUT2D eigenvalue weighted by atomic mass is 79.9. The van der Waals surface area contributed by atoms with Gasteiger partial charge in [0.15, 0.2) is 0 Å². The molecule has 4 nitrogen and oxygen atoms in total. The van der Waals surface area contributed by atoms with Crippen molar-refractivity contribution in [3.8, 4) is 0 Å². The van der Waals surface area contributed by atoms with E-state index in [9.17, 15) is 4.79 Å². The number of anilines is 1. The summed E-state index contributed by atoms with van der Waals surface area (Å²) in [6.07, 6.45) is 3.31. The van der Waals surface area contributed by atoms with Gasteiger partial charge in [-0.2, -0.15) is 0 Å². The first-order valence-electron chi connectivity index (χ1n) is 6.42. The number of carbonyl (C=O) groups excluding carboxylic acids is 1. The highest BCUT2D eigenvalue weighted by Gasteiger charge is 2.23. The second kappa shape index (κ2) is 5.25. The van der Waals surface area contributed by atoms with Gasteiger partial charge in [0.1, 0.15) is 5.82 Å². The summed E-state index contributed by atoms with van der Waals surface area (Å²) >= 11 is 3.30. The van der Waals surface area contributed by atoms with E-state index < -0.39 is 0 Å². The van der Waals surface area contributed by atoms with Crippen molar-refractivity contribution < 1.29 is 4.79 Å². The molecule has 0 saturated heterocycles. The van der Waals surface area contributed by atoms with Crippen molar-refractivity contribution in [3.05, 3.63) is 57.7 Å². The Morgan fingerprint density at radius 1 is 1.30 bits per heavy atom. The molecule has 20 heavy (non-hydrogen) atoms. The van der Waals surface area contributed by atoms with Crippen molar-refractivity contribution in [1.29, 1.82) is 0 Å². The molecule has 1 aromatic heterocycles. The zero-order valence-corrected chi connectivity index (χ0v) is 12.4. The number of nitrogens with zero attached hydrogens (tertiary/aromatic N) is 1. The average Bonchev–Trinajstić information content (AvgIpc) is 2.83. The monoisotopic (exact) mass is 331 g/mol. The third kappa shape index (κ3) is 2.54. The van der Waals surface area contributed by atoms with Crippen LogP contribution < -0.4 is 11.1 Å². The molecule has 0 aliphatic heterocycles. The maximum atomic E-state index is 12.3. The van der Waals surface area contributed by atoms with Crippen LogP contribution in [0.25, 0.3) is 0 Å². The van der Waals surface area contributed by atoms with Gasteiger partial charge in [0.05, 0.1) is 5.56 Å². The number of hydrogen-bond donors (Lipinski definition) is 2. The third-order valence-corrected chi connectivity index (χ3v) is 3.95. The fourth-order valence-electron chi connectivity index (χ4n) is 2.56. The second-order valence-corrected chi connectivity index (χ2v) is 5.85. The Kier molecular flexibility index (Phi) is 3.44. The first-order valence-corrected chi connectivity index (χ1v) is 7.21. The van der Waals surface area contributed by atoms with Gasteiger partial charge >= 0.3 is 0 Å². The fourth-order valence-corrected chi connectivity index (χ4v) is 2.89. The molecule has 0 spiro atoms. The van der Waals surface area contributed by atoms with Crippen LogP contribution in [0.2, 0.25) is 0 Å². The van der Waals surface area contributed by atoms with Crippen LogP contribution in [0.4, 0.5) is 5.82 Å². The van der Waals surface area contributed by atoms with Crippen LogP contribution in [-0.4, -0.2) is 16.9 Å². The maximum Gasteiger partial charge on any atom is 0.255 e. The number of rotatable bonds is 2. The fraction of sp³-hybridized carbons (Fsp3) is 0.200. The topological polar surface area (TPSA) is 68.0 Å². The number of nitrogen functional groups attached to an aromatic ring is 1. The summed E-state index contributed by atoms with van der Waals surface area (Å²) in [6, 6.07) is 10.1. The lowest BCUT2D eigenvalue weighted by atomic mass is 10.1. The van der Waals surface area contributed by atoms with Gasteiger partial charge < -0.3 is 11.1 Å². The molecule has 1 aliphatic rings. The summed E-state index contributed by atoms with van der Waals surface area (Å²) in [7, 11) is 0. The summed E-state index contributed by atoms with van der Waals surface area (Å²) in [5.74, 6) is 0.0790.